The standard InChI is InChI=1S/C16H21BFNO4/c1-15(2)16(3,4)23-17(22-15)11(9-19)7-10-5-6-13(18)12(8-10)14(20)21/h5-8H,9,19H2,1-4H3,(H,20,21). The molecule has 7 heteroatoms. The maximum atomic E-state index is 13.5. The number of rotatable bonds is 4. The number of carboxylic acid groups (broad SMARTS) is 1. The number of hydrogen-bond acceptors (Lipinski definition) is 4. The van der Waals surface area contributed by atoms with Crippen molar-refractivity contribution in [1.29, 1.82) is 0 Å². The van der Waals surface area contributed by atoms with Gasteiger partial charge in [0, 0.05) is 6.54 Å². The third kappa shape index (κ3) is 3.47. The molecule has 1 saturated heterocycles. The van der Waals surface area contributed by atoms with Crippen LogP contribution >= 0.6 is 0 Å². The van der Waals surface area contributed by atoms with Crippen LogP contribution in [0.1, 0.15) is 43.6 Å². The Kier molecular flexibility index (Phi) is 4.66. The summed E-state index contributed by atoms with van der Waals surface area (Å²) in [6.45, 7) is 7.91. The number of carboxylic acids is 1. The molecule has 1 fully saturated rings. The Morgan fingerprint density at radius 3 is 2.35 bits per heavy atom. The fraction of sp³-hybridized carbons (Fsp3) is 0.438. The van der Waals surface area contributed by atoms with Crippen LogP contribution in [0.5, 0.6) is 0 Å². The highest BCUT2D eigenvalue weighted by Crippen LogP contribution is 2.38. The molecule has 0 aromatic heterocycles. The quantitative estimate of drug-likeness (QED) is 0.833. The van der Waals surface area contributed by atoms with Gasteiger partial charge in [-0.25, -0.2) is 9.18 Å². The Hall–Kier alpha value is -1.70. The Morgan fingerprint density at radius 2 is 1.87 bits per heavy atom. The lowest BCUT2D eigenvalue weighted by Crippen LogP contribution is -2.41. The second kappa shape index (κ2) is 6.07. The monoisotopic (exact) mass is 321 g/mol. The van der Waals surface area contributed by atoms with Crippen molar-refractivity contribution in [2.24, 2.45) is 5.73 Å². The average molecular weight is 321 g/mol. The van der Waals surface area contributed by atoms with Crippen molar-refractivity contribution in [2.75, 3.05) is 6.54 Å². The summed E-state index contributed by atoms with van der Waals surface area (Å²) in [4.78, 5) is 11.0. The zero-order valence-electron chi connectivity index (χ0n) is 13.7. The zero-order valence-corrected chi connectivity index (χ0v) is 13.7. The van der Waals surface area contributed by atoms with Crippen molar-refractivity contribution in [1.82, 2.24) is 0 Å². The maximum Gasteiger partial charge on any atom is 0.491 e. The molecule has 2 rings (SSSR count). The molecule has 3 N–H and O–H groups in total. The summed E-state index contributed by atoms with van der Waals surface area (Å²) in [5.41, 5.74) is 5.59. The molecule has 1 aromatic rings. The van der Waals surface area contributed by atoms with Gasteiger partial charge in [-0.05, 0) is 50.9 Å². The predicted molar refractivity (Wildman–Crippen MR) is 86.5 cm³/mol. The molecule has 0 saturated carbocycles. The number of benzene rings is 1. The lowest BCUT2D eigenvalue weighted by molar-refractivity contribution is 0.00578. The van der Waals surface area contributed by atoms with E-state index < -0.39 is 30.1 Å². The summed E-state index contributed by atoms with van der Waals surface area (Å²) in [6, 6.07) is 3.87. The van der Waals surface area contributed by atoms with Crippen LogP contribution in [0.4, 0.5) is 4.39 Å². The van der Waals surface area contributed by atoms with E-state index in [4.69, 9.17) is 20.1 Å². The summed E-state index contributed by atoms with van der Waals surface area (Å²) >= 11 is 0. The molecule has 0 atom stereocenters. The van der Waals surface area contributed by atoms with Crippen molar-refractivity contribution in [3.63, 3.8) is 0 Å². The van der Waals surface area contributed by atoms with Crippen molar-refractivity contribution in [3.05, 3.63) is 40.6 Å². The van der Waals surface area contributed by atoms with E-state index in [1.807, 2.05) is 27.7 Å². The Labute approximate surface area is 135 Å². The van der Waals surface area contributed by atoms with Gasteiger partial charge >= 0.3 is 13.1 Å². The summed E-state index contributed by atoms with van der Waals surface area (Å²) in [7, 11) is -0.622. The SMILES string of the molecule is CC1(C)OB(C(=Cc2ccc(F)c(C(=O)O)c2)CN)OC1(C)C. The van der Waals surface area contributed by atoms with Gasteiger partial charge in [0.05, 0.1) is 16.8 Å². The number of nitrogens with two attached hydrogens (primary N) is 1. The van der Waals surface area contributed by atoms with E-state index in [9.17, 15) is 9.18 Å². The van der Waals surface area contributed by atoms with Crippen LogP contribution in [0.2, 0.25) is 0 Å². The number of carbonyl (C=O) groups is 1. The third-order valence-corrected chi connectivity index (χ3v) is 4.36. The molecular formula is C16H21BFNO4. The van der Waals surface area contributed by atoms with Gasteiger partial charge in [0.2, 0.25) is 0 Å². The lowest BCUT2D eigenvalue weighted by Gasteiger charge is -2.32. The molecule has 0 unspecified atom stereocenters. The minimum Gasteiger partial charge on any atom is -0.478 e. The zero-order chi connectivity index (χ0) is 17.4. The molecular weight excluding hydrogens is 300 g/mol. The van der Waals surface area contributed by atoms with Gasteiger partial charge in [0.25, 0.3) is 0 Å². The van der Waals surface area contributed by atoms with Gasteiger partial charge < -0.3 is 20.1 Å². The first-order valence-corrected chi connectivity index (χ1v) is 7.36. The first kappa shape index (κ1) is 17.7. The topological polar surface area (TPSA) is 81.8 Å². The van der Waals surface area contributed by atoms with Gasteiger partial charge in [-0.3, -0.25) is 0 Å². The van der Waals surface area contributed by atoms with Gasteiger partial charge in [0.1, 0.15) is 5.82 Å². The highest BCUT2D eigenvalue weighted by Gasteiger charge is 2.52. The van der Waals surface area contributed by atoms with E-state index in [0.717, 1.165) is 6.07 Å². The van der Waals surface area contributed by atoms with E-state index in [2.05, 4.69) is 0 Å². The van der Waals surface area contributed by atoms with Crippen LogP contribution in [0, 0.1) is 5.82 Å². The Morgan fingerprint density at radius 1 is 1.30 bits per heavy atom. The Bertz CT molecular complexity index is 641. The highest BCUT2D eigenvalue weighted by molar-refractivity contribution is 6.55. The molecule has 124 valence electrons. The van der Waals surface area contributed by atoms with Crippen LogP contribution < -0.4 is 5.73 Å². The molecule has 0 amide bonds. The molecule has 23 heavy (non-hydrogen) atoms. The van der Waals surface area contributed by atoms with Gasteiger partial charge in [-0.1, -0.05) is 12.1 Å². The lowest BCUT2D eigenvalue weighted by atomic mass is 9.77. The molecule has 0 aliphatic carbocycles. The summed E-state index contributed by atoms with van der Waals surface area (Å²) in [5.74, 6) is -2.10. The Balaban J connectivity index is 2.34. The summed E-state index contributed by atoms with van der Waals surface area (Å²) < 4.78 is 25.3. The molecule has 1 heterocycles. The van der Waals surface area contributed by atoms with Crippen molar-refractivity contribution >= 4 is 19.2 Å². The number of halogens is 1. The molecule has 1 aromatic carbocycles. The van der Waals surface area contributed by atoms with Gasteiger partial charge in [-0.2, -0.15) is 0 Å². The molecule has 1 aliphatic heterocycles. The van der Waals surface area contributed by atoms with E-state index in [-0.39, 0.29) is 12.1 Å². The fourth-order valence-electron chi connectivity index (χ4n) is 2.23. The first-order valence-electron chi connectivity index (χ1n) is 7.36. The molecule has 0 bridgehead atoms. The number of hydrogen-bond donors (Lipinski definition) is 2. The average Bonchev–Trinajstić information content (AvgIpc) is 2.66. The minimum absolute atomic E-state index is 0.177. The molecule has 0 spiro atoms. The highest BCUT2D eigenvalue weighted by atomic mass is 19.1. The van der Waals surface area contributed by atoms with Gasteiger partial charge in [-0.15, -0.1) is 0 Å². The van der Waals surface area contributed by atoms with Crippen LogP contribution in [-0.4, -0.2) is 35.9 Å². The van der Waals surface area contributed by atoms with Crippen LogP contribution in [0.15, 0.2) is 23.7 Å². The second-order valence-electron chi connectivity index (χ2n) is 6.56. The van der Waals surface area contributed by atoms with E-state index in [0.29, 0.717) is 11.0 Å². The van der Waals surface area contributed by atoms with Crippen molar-refractivity contribution in [2.45, 2.75) is 38.9 Å². The summed E-state index contributed by atoms with van der Waals surface area (Å²) in [6.07, 6.45) is 1.67. The van der Waals surface area contributed by atoms with Crippen LogP contribution in [0.25, 0.3) is 6.08 Å². The third-order valence-electron chi connectivity index (χ3n) is 4.36. The number of aromatic carboxylic acids is 1. The fourth-order valence-corrected chi connectivity index (χ4v) is 2.23. The van der Waals surface area contributed by atoms with E-state index >= 15 is 0 Å². The van der Waals surface area contributed by atoms with Gasteiger partial charge in [0.15, 0.2) is 0 Å². The van der Waals surface area contributed by atoms with E-state index in [1.54, 1.807) is 6.08 Å². The molecule has 1 aliphatic rings. The molecule has 5 nitrogen and oxygen atoms in total. The molecule has 0 radical (unpaired) electrons. The predicted octanol–water partition coefficient (Wildman–Crippen LogP) is 2.50. The van der Waals surface area contributed by atoms with Crippen molar-refractivity contribution < 1.29 is 23.6 Å². The van der Waals surface area contributed by atoms with Crippen molar-refractivity contribution in [3.8, 4) is 0 Å². The summed E-state index contributed by atoms with van der Waals surface area (Å²) in [5, 5.41) is 9.00. The minimum atomic E-state index is -1.32. The van der Waals surface area contributed by atoms with Crippen LogP contribution in [-0.2, 0) is 9.31 Å². The normalized spacial score (nSPS) is 19.9. The largest absolute Gasteiger partial charge is 0.491 e. The van der Waals surface area contributed by atoms with Crippen LogP contribution in [0.3, 0.4) is 0 Å². The van der Waals surface area contributed by atoms with E-state index in [1.165, 1.54) is 12.1 Å². The first-order chi connectivity index (χ1) is 10.6. The smallest absolute Gasteiger partial charge is 0.478 e. The second-order valence-corrected chi connectivity index (χ2v) is 6.56. The maximum absolute atomic E-state index is 13.5.